The van der Waals surface area contributed by atoms with E-state index < -0.39 is 12.0 Å². The van der Waals surface area contributed by atoms with Gasteiger partial charge in [-0.2, -0.15) is 0 Å². The largest absolute Gasteiger partial charge is 0.494 e. The van der Waals surface area contributed by atoms with Crippen molar-refractivity contribution < 1.29 is 14.6 Å². The zero-order valence-corrected chi connectivity index (χ0v) is 6.51. The topological polar surface area (TPSA) is 72.5 Å². The number of allylic oxidation sites excluding steroid dienone is 2. The second-order valence-corrected chi connectivity index (χ2v) is 2.57. The molecule has 1 heterocycles. The van der Waals surface area contributed by atoms with Gasteiger partial charge in [0.25, 0.3) is 0 Å². The maximum absolute atomic E-state index is 10.4. The molecule has 0 saturated heterocycles. The van der Waals surface area contributed by atoms with E-state index in [0.29, 0.717) is 6.42 Å². The van der Waals surface area contributed by atoms with Crippen molar-refractivity contribution in [3.05, 3.63) is 24.5 Å². The van der Waals surface area contributed by atoms with Gasteiger partial charge in [0, 0.05) is 6.42 Å². The molecule has 0 bridgehead atoms. The van der Waals surface area contributed by atoms with Crippen molar-refractivity contribution in [2.45, 2.75) is 18.6 Å². The van der Waals surface area contributed by atoms with Gasteiger partial charge in [-0.15, -0.1) is 0 Å². The Balaban J connectivity index is 2.36. The first-order valence-electron chi connectivity index (χ1n) is 3.67. The molecule has 1 aliphatic rings. The van der Waals surface area contributed by atoms with Gasteiger partial charge in [-0.3, -0.25) is 4.79 Å². The van der Waals surface area contributed by atoms with Gasteiger partial charge in [0.2, 0.25) is 0 Å². The summed E-state index contributed by atoms with van der Waals surface area (Å²) in [6, 6.07) is -0.855. The molecule has 1 rings (SSSR count). The first-order chi connectivity index (χ1) is 5.70. The molecule has 1 aliphatic heterocycles. The fourth-order valence-electron chi connectivity index (χ4n) is 0.910. The molecule has 0 radical (unpaired) electrons. The summed E-state index contributed by atoms with van der Waals surface area (Å²) in [5.74, 6) is -0.999. The summed E-state index contributed by atoms with van der Waals surface area (Å²) in [5, 5.41) is 8.49. The molecule has 0 spiro atoms. The third kappa shape index (κ3) is 2.39. The highest BCUT2D eigenvalue weighted by molar-refractivity contribution is 5.73. The molecule has 0 aromatic rings. The van der Waals surface area contributed by atoms with E-state index in [1.165, 1.54) is 6.26 Å². The second-order valence-electron chi connectivity index (χ2n) is 2.57. The van der Waals surface area contributed by atoms with Gasteiger partial charge >= 0.3 is 5.97 Å². The van der Waals surface area contributed by atoms with E-state index in [4.69, 9.17) is 15.6 Å². The Labute approximate surface area is 70.3 Å². The average Bonchev–Trinajstić information content (AvgIpc) is 2.06. The second kappa shape index (κ2) is 3.92. The molecule has 0 aliphatic carbocycles. The maximum Gasteiger partial charge on any atom is 0.320 e. The van der Waals surface area contributed by atoms with E-state index >= 15 is 0 Å². The molecule has 1 unspecified atom stereocenters. The van der Waals surface area contributed by atoms with Crippen molar-refractivity contribution in [2.24, 2.45) is 5.73 Å². The molecule has 0 fully saturated rings. The summed E-state index contributed by atoms with van der Waals surface area (Å²) >= 11 is 0. The van der Waals surface area contributed by atoms with E-state index in [1.807, 2.05) is 6.08 Å². The highest BCUT2D eigenvalue weighted by Crippen LogP contribution is 2.08. The Hall–Kier alpha value is -1.29. The smallest absolute Gasteiger partial charge is 0.320 e. The highest BCUT2D eigenvalue weighted by atomic mass is 16.5. The SMILES string of the molecule is N[C@@H](CC1C=CC=CO1)C(=O)O. The number of rotatable bonds is 3. The number of carboxylic acids is 1. The van der Waals surface area contributed by atoms with E-state index in [9.17, 15) is 4.79 Å². The molecule has 4 nitrogen and oxygen atoms in total. The van der Waals surface area contributed by atoms with E-state index in [1.54, 1.807) is 12.2 Å². The summed E-state index contributed by atoms with van der Waals surface area (Å²) in [5.41, 5.74) is 5.31. The molecule has 0 saturated carbocycles. The number of hydrogen-bond donors (Lipinski definition) is 2. The zero-order valence-electron chi connectivity index (χ0n) is 6.51. The minimum absolute atomic E-state index is 0.207. The fourth-order valence-corrected chi connectivity index (χ4v) is 0.910. The molecule has 0 aromatic carbocycles. The predicted molar refractivity (Wildman–Crippen MR) is 43.4 cm³/mol. The monoisotopic (exact) mass is 169 g/mol. The summed E-state index contributed by atoms with van der Waals surface area (Å²) in [6.45, 7) is 0. The van der Waals surface area contributed by atoms with Crippen LogP contribution in [0.25, 0.3) is 0 Å². The first kappa shape index (κ1) is 8.80. The van der Waals surface area contributed by atoms with E-state index in [0.717, 1.165) is 0 Å². The lowest BCUT2D eigenvalue weighted by atomic mass is 10.1. The summed E-state index contributed by atoms with van der Waals surface area (Å²) in [6.07, 6.45) is 6.95. The normalized spacial score (nSPS) is 23.2. The number of carboxylic acid groups (broad SMARTS) is 1. The summed E-state index contributed by atoms with van der Waals surface area (Å²) in [7, 11) is 0. The van der Waals surface area contributed by atoms with Crippen LogP contribution in [0.4, 0.5) is 0 Å². The Morgan fingerprint density at radius 3 is 2.92 bits per heavy atom. The molecule has 4 heteroatoms. The van der Waals surface area contributed by atoms with Crippen LogP contribution in [0.1, 0.15) is 6.42 Å². The average molecular weight is 169 g/mol. The van der Waals surface area contributed by atoms with Crippen molar-refractivity contribution in [3.8, 4) is 0 Å². The van der Waals surface area contributed by atoms with Crippen LogP contribution >= 0.6 is 0 Å². The van der Waals surface area contributed by atoms with Crippen molar-refractivity contribution in [1.82, 2.24) is 0 Å². The minimum Gasteiger partial charge on any atom is -0.494 e. The van der Waals surface area contributed by atoms with Crippen LogP contribution < -0.4 is 5.73 Å². The van der Waals surface area contributed by atoms with E-state index in [-0.39, 0.29) is 6.10 Å². The Bertz CT molecular complexity index is 222. The fraction of sp³-hybridized carbons (Fsp3) is 0.375. The van der Waals surface area contributed by atoms with Gasteiger partial charge < -0.3 is 15.6 Å². The van der Waals surface area contributed by atoms with Crippen LogP contribution in [0, 0.1) is 0 Å². The number of hydrogen-bond acceptors (Lipinski definition) is 3. The van der Waals surface area contributed by atoms with Gasteiger partial charge in [0.05, 0.1) is 6.26 Å². The van der Waals surface area contributed by atoms with Gasteiger partial charge in [0.1, 0.15) is 12.1 Å². The maximum atomic E-state index is 10.4. The van der Waals surface area contributed by atoms with Gasteiger partial charge in [-0.05, 0) is 12.2 Å². The van der Waals surface area contributed by atoms with Crippen molar-refractivity contribution in [1.29, 1.82) is 0 Å². The van der Waals surface area contributed by atoms with Crippen molar-refractivity contribution in [2.75, 3.05) is 0 Å². The number of nitrogens with two attached hydrogens (primary N) is 1. The Morgan fingerprint density at radius 1 is 1.67 bits per heavy atom. The molecule has 3 N–H and O–H groups in total. The lowest BCUT2D eigenvalue weighted by Gasteiger charge is -2.16. The third-order valence-corrected chi connectivity index (χ3v) is 1.57. The lowest BCUT2D eigenvalue weighted by molar-refractivity contribution is -0.139. The van der Waals surface area contributed by atoms with Gasteiger partial charge in [-0.1, -0.05) is 6.08 Å². The van der Waals surface area contributed by atoms with Crippen molar-refractivity contribution >= 4 is 5.97 Å². The molecule has 66 valence electrons. The standard InChI is InChI=1S/C8H11NO3/c9-7(8(10)11)5-6-3-1-2-4-12-6/h1-4,6-7H,5,9H2,(H,10,11)/t6?,7-/m0/s1. The summed E-state index contributed by atoms with van der Waals surface area (Å²) < 4.78 is 5.09. The molecule has 0 amide bonds. The Morgan fingerprint density at radius 2 is 2.42 bits per heavy atom. The Kier molecular flexibility index (Phi) is 2.88. The van der Waals surface area contributed by atoms with Crippen LogP contribution in [-0.2, 0) is 9.53 Å². The number of carbonyl (C=O) groups is 1. The van der Waals surface area contributed by atoms with Crippen LogP contribution in [0.2, 0.25) is 0 Å². The molecular formula is C8H11NO3. The van der Waals surface area contributed by atoms with Crippen molar-refractivity contribution in [3.63, 3.8) is 0 Å². The molecule has 2 atom stereocenters. The predicted octanol–water partition coefficient (Wildman–Crippen LogP) is 0.257. The quantitative estimate of drug-likeness (QED) is 0.635. The summed E-state index contributed by atoms with van der Waals surface area (Å²) in [4.78, 5) is 10.4. The number of ether oxygens (including phenoxy) is 1. The van der Waals surface area contributed by atoms with Crippen LogP contribution in [0.15, 0.2) is 24.5 Å². The van der Waals surface area contributed by atoms with Crippen LogP contribution in [0.5, 0.6) is 0 Å². The van der Waals surface area contributed by atoms with Crippen LogP contribution in [-0.4, -0.2) is 23.2 Å². The molecular weight excluding hydrogens is 158 g/mol. The third-order valence-electron chi connectivity index (χ3n) is 1.57. The highest BCUT2D eigenvalue weighted by Gasteiger charge is 2.17. The van der Waals surface area contributed by atoms with E-state index in [2.05, 4.69) is 0 Å². The zero-order chi connectivity index (χ0) is 8.97. The number of aliphatic carboxylic acids is 1. The first-order valence-corrected chi connectivity index (χ1v) is 3.67. The van der Waals surface area contributed by atoms with Gasteiger partial charge in [0.15, 0.2) is 0 Å². The van der Waals surface area contributed by atoms with Crippen LogP contribution in [0.3, 0.4) is 0 Å². The molecule has 0 aromatic heterocycles. The minimum atomic E-state index is -0.999. The lowest BCUT2D eigenvalue weighted by Crippen LogP contribution is -2.34. The van der Waals surface area contributed by atoms with Gasteiger partial charge in [-0.25, -0.2) is 0 Å². The molecule has 12 heavy (non-hydrogen) atoms.